The molecular formula is C23H19ClF2N2O5S2. The van der Waals surface area contributed by atoms with Gasteiger partial charge in [0.2, 0.25) is 0 Å². The quantitative estimate of drug-likeness (QED) is 0.491. The van der Waals surface area contributed by atoms with Crippen molar-refractivity contribution in [3.63, 3.8) is 0 Å². The van der Waals surface area contributed by atoms with E-state index in [1.807, 2.05) is 0 Å². The lowest BCUT2D eigenvalue weighted by atomic mass is 10.1. The molecule has 1 amide bonds. The van der Waals surface area contributed by atoms with Crippen LogP contribution in [0.2, 0.25) is 5.02 Å². The van der Waals surface area contributed by atoms with E-state index in [0.29, 0.717) is 5.02 Å². The highest BCUT2D eigenvalue weighted by Crippen LogP contribution is 2.36. The van der Waals surface area contributed by atoms with Crippen LogP contribution in [0.5, 0.6) is 0 Å². The number of aromatic nitrogens is 1. The lowest BCUT2D eigenvalue weighted by Crippen LogP contribution is -2.43. The van der Waals surface area contributed by atoms with Crippen LogP contribution in [-0.4, -0.2) is 57.2 Å². The number of hydrogen-bond acceptors (Lipinski definition) is 6. The van der Waals surface area contributed by atoms with Gasteiger partial charge < -0.3 is 4.90 Å². The Morgan fingerprint density at radius 2 is 1.66 bits per heavy atom. The molecule has 1 aliphatic heterocycles. The average Bonchev–Trinajstić information content (AvgIpc) is 2.82. The van der Waals surface area contributed by atoms with Gasteiger partial charge in [-0.3, -0.25) is 9.78 Å². The monoisotopic (exact) mass is 540 g/mol. The van der Waals surface area contributed by atoms with Crippen molar-refractivity contribution in [2.45, 2.75) is 10.1 Å². The van der Waals surface area contributed by atoms with E-state index in [4.69, 9.17) is 11.6 Å². The average molecular weight is 541 g/mol. The number of rotatable bonds is 5. The van der Waals surface area contributed by atoms with Crippen molar-refractivity contribution in [2.24, 2.45) is 0 Å². The molecule has 1 atom stereocenters. The van der Waals surface area contributed by atoms with Crippen molar-refractivity contribution < 1.29 is 30.4 Å². The van der Waals surface area contributed by atoms with Gasteiger partial charge in [-0.05, 0) is 54.6 Å². The van der Waals surface area contributed by atoms with Gasteiger partial charge in [0.05, 0.1) is 27.7 Å². The molecule has 1 aliphatic rings. The minimum atomic E-state index is -4.32. The standard InChI is InChI=1S/C23H19ClF2N2O5S2/c24-16-2-5-18(6-3-16)35(32,33)22(19-13-17(25)4-7-20(19)26)21-8-1-15(14-27-21)23(29)28-9-11-34(30,31)12-10-28/h1-8,13-14,22H,9-12H2. The highest BCUT2D eigenvalue weighted by atomic mass is 35.5. The van der Waals surface area contributed by atoms with Crippen LogP contribution in [0.1, 0.15) is 26.9 Å². The number of sulfone groups is 2. The topological polar surface area (TPSA) is 101 Å². The maximum atomic E-state index is 14.7. The van der Waals surface area contributed by atoms with E-state index in [-0.39, 0.29) is 40.7 Å². The van der Waals surface area contributed by atoms with E-state index in [2.05, 4.69) is 4.98 Å². The molecular weight excluding hydrogens is 522 g/mol. The summed E-state index contributed by atoms with van der Waals surface area (Å²) in [6.45, 7) is 0.0655. The van der Waals surface area contributed by atoms with Crippen LogP contribution in [0, 0.1) is 11.6 Å². The van der Waals surface area contributed by atoms with Gasteiger partial charge in [0.15, 0.2) is 19.7 Å². The maximum Gasteiger partial charge on any atom is 0.255 e. The molecule has 4 rings (SSSR count). The third kappa shape index (κ3) is 5.36. The summed E-state index contributed by atoms with van der Waals surface area (Å²) in [4.78, 5) is 18.1. The Morgan fingerprint density at radius 1 is 1.00 bits per heavy atom. The second-order valence-corrected chi connectivity index (χ2v) is 12.7. The zero-order valence-electron chi connectivity index (χ0n) is 18.1. The normalized spacial score (nSPS) is 16.6. The van der Waals surface area contributed by atoms with E-state index in [1.165, 1.54) is 41.3 Å². The number of carbonyl (C=O) groups is 1. The summed E-state index contributed by atoms with van der Waals surface area (Å²) >= 11 is 5.86. The van der Waals surface area contributed by atoms with Crippen molar-refractivity contribution in [3.8, 4) is 0 Å². The second-order valence-electron chi connectivity index (χ2n) is 7.96. The van der Waals surface area contributed by atoms with Crippen LogP contribution < -0.4 is 0 Å². The number of pyridine rings is 1. The molecule has 1 aromatic heterocycles. The molecule has 0 N–H and O–H groups in total. The first-order valence-corrected chi connectivity index (χ1v) is 14.1. The largest absolute Gasteiger partial charge is 0.337 e. The van der Waals surface area contributed by atoms with Gasteiger partial charge in [0.25, 0.3) is 5.91 Å². The van der Waals surface area contributed by atoms with Crippen LogP contribution >= 0.6 is 11.6 Å². The fourth-order valence-corrected chi connectivity index (χ4v) is 6.83. The summed E-state index contributed by atoms with van der Waals surface area (Å²) in [6.07, 6.45) is 1.14. The van der Waals surface area contributed by atoms with Crippen LogP contribution in [0.4, 0.5) is 8.78 Å². The van der Waals surface area contributed by atoms with Crippen LogP contribution in [0.3, 0.4) is 0 Å². The van der Waals surface area contributed by atoms with E-state index in [0.717, 1.165) is 24.4 Å². The third-order valence-corrected chi connectivity index (χ3v) is 9.53. The van der Waals surface area contributed by atoms with E-state index >= 15 is 0 Å². The van der Waals surface area contributed by atoms with Gasteiger partial charge >= 0.3 is 0 Å². The van der Waals surface area contributed by atoms with E-state index in [1.54, 1.807) is 0 Å². The highest BCUT2D eigenvalue weighted by molar-refractivity contribution is 7.92. The summed E-state index contributed by atoms with van der Waals surface area (Å²) in [6, 6.07) is 10.3. The van der Waals surface area contributed by atoms with Gasteiger partial charge in [-0.25, -0.2) is 25.6 Å². The van der Waals surface area contributed by atoms with Gasteiger partial charge in [-0.15, -0.1) is 0 Å². The predicted molar refractivity (Wildman–Crippen MR) is 126 cm³/mol. The van der Waals surface area contributed by atoms with Crippen molar-refractivity contribution >= 4 is 37.2 Å². The molecule has 0 aliphatic carbocycles. The fraction of sp³-hybridized carbons (Fsp3) is 0.217. The molecule has 2 heterocycles. The molecule has 1 fully saturated rings. The van der Waals surface area contributed by atoms with E-state index < -0.39 is 48.0 Å². The van der Waals surface area contributed by atoms with Gasteiger partial charge in [0.1, 0.15) is 16.9 Å². The Hall–Kier alpha value is -2.89. The lowest BCUT2D eigenvalue weighted by Gasteiger charge is -2.26. The zero-order chi connectivity index (χ0) is 25.4. The Kier molecular flexibility index (Phi) is 6.94. The Balaban J connectivity index is 1.73. The first-order chi connectivity index (χ1) is 16.5. The molecule has 3 aromatic rings. The molecule has 35 heavy (non-hydrogen) atoms. The molecule has 1 saturated heterocycles. The molecule has 0 bridgehead atoms. The summed E-state index contributed by atoms with van der Waals surface area (Å²) in [5.41, 5.74) is -0.453. The van der Waals surface area contributed by atoms with Crippen molar-refractivity contribution in [1.29, 1.82) is 0 Å². The highest BCUT2D eigenvalue weighted by Gasteiger charge is 2.35. The van der Waals surface area contributed by atoms with Crippen LogP contribution in [0.25, 0.3) is 0 Å². The minimum absolute atomic E-state index is 0.0327. The molecule has 0 radical (unpaired) electrons. The van der Waals surface area contributed by atoms with Crippen LogP contribution in [-0.2, 0) is 19.7 Å². The SMILES string of the molecule is O=C(c1ccc(C(c2cc(F)ccc2F)S(=O)(=O)c2ccc(Cl)cc2)nc1)N1CCS(=O)(=O)CC1. The maximum absolute atomic E-state index is 14.7. The van der Waals surface area contributed by atoms with Crippen molar-refractivity contribution in [3.05, 3.63) is 94.3 Å². The smallest absolute Gasteiger partial charge is 0.255 e. The number of halogens is 3. The molecule has 12 heteroatoms. The van der Waals surface area contributed by atoms with Crippen molar-refractivity contribution in [2.75, 3.05) is 24.6 Å². The van der Waals surface area contributed by atoms with Crippen LogP contribution in [0.15, 0.2) is 65.7 Å². The van der Waals surface area contributed by atoms with E-state index in [9.17, 15) is 30.4 Å². The number of benzene rings is 2. The second kappa shape index (κ2) is 9.63. The predicted octanol–water partition coefficient (Wildman–Crippen LogP) is 3.45. The first-order valence-electron chi connectivity index (χ1n) is 10.4. The molecule has 184 valence electrons. The number of nitrogens with zero attached hydrogens (tertiary/aromatic N) is 2. The molecule has 1 unspecified atom stereocenters. The summed E-state index contributed by atoms with van der Waals surface area (Å²) in [5.74, 6) is -2.53. The zero-order valence-corrected chi connectivity index (χ0v) is 20.5. The Labute approximate surface area is 206 Å². The Bertz CT molecular complexity index is 1470. The molecule has 7 nitrogen and oxygen atoms in total. The first kappa shape index (κ1) is 25.2. The minimum Gasteiger partial charge on any atom is -0.337 e. The fourth-order valence-electron chi connectivity index (χ4n) is 3.75. The summed E-state index contributed by atoms with van der Waals surface area (Å²) in [5, 5.41) is -1.41. The number of hydrogen-bond donors (Lipinski definition) is 0. The molecule has 0 spiro atoms. The third-order valence-electron chi connectivity index (χ3n) is 5.63. The number of amides is 1. The van der Waals surface area contributed by atoms with Gasteiger partial charge in [-0.1, -0.05) is 11.6 Å². The lowest BCUT2D eigenvalue weighted by molar-refractivity contribution is 0.0770. The number of carbonyl (C=O) groups excluding carboxylic acids is 1. The molecule has 2 aromatic carbocycles. The van der Waals surface area contributed by atoms with Gasteiger partial charge in [0, 0.05) is 29.9 Å². The van der Waals surface area contributed by atoms with Crippen molar-refractivity contribution in [1.82, 2.24) is 9.88 Å². The van der Waals surface area contributed by atoms with Gasteiger partial charge in [-0.2, -0.15) is 0 Å². The summed E-state index contributed by atoms with van der Waals surface area (Å²) in [7, 11) is -7.50. The Morgan fingerprint density at radius 3 is 2.26 bits per heavy atom. The summed E-state index contributed by atoms with van der Waals surface area (Å²) < 4.78 is 79.0. The molecule has 0 saturated carbocycles.